The maximum Gasteiger partial charge on any atom is 0.320 e. The van der Waals surface area contributed by atoms with Gasteiger partial charge in [-0.1, -0.05) is 82.3 Å². The molecule has 0 unspecified atom stereocenters. The normalized spacial score (nSPS) is 18.0. The van der Waals surface area contributed by atoms with Crippen LogP contribution in [0.1, 0.15) is 54.0 Å². The second-order valence-corrected chi connectivity index (χ2v) is 25.8. The number of piperidine rings is 1. The maximum absolute atomic E-state index is 12.7. The molecule has 0 atom stereocenters. The molecule has 6 fully saturated rings. The van der Waals surface area contributed by atoms with Gasteiger partial charge < -0.3 is 49.4 Å². The van der Waals surface area contributed by atoms with Crippen molar-refractivity contribution in [1.29, 1.82) is 10.5 Å². The number of urea groups is 2. The fraction of sp³-hybridized carbons (Fsp3) is 0.443. The Bertz CT molecular complexity index is 3940. The molecule has 2 aromatic carbocycles. The topological polar surface area (TPSA) is 235 Å². The maximum atomic E-state index is 12.7. The van der Waals surface area contributed by atoms with Gasteiger partial charge in [-0.25, -0.2) is 38.9 Å². The summed E-state index contributed by atoms with van der Waals surface area (Å²) >= 11 is 2.76. The molecular weight excluding hydrogens is 1110 g/mol. The third-order valence-corrected chi connectivity index (χ3v) is 20.0. The number of amides is 4. The molecule has 85 heavy (non-hydrogen) atoms. The zero-order valence-electron chi connectivity index (χ0n) is 48.7. The summed E-state index contributed by atoms with van der Waals surface area (Å²) in [4.78, 5) is 61.8. The van der Waals surface area contributed by atoms with Crippen LogP contribution in [0.15, 0.2) is 73.1 Å². The molecule has 0 bridgehead atoms. The lowest BCUT2D eigenvalue weighted by molar-refractivity contribution is -0.0311. The number of nitrogens with zero attached hydrogens (tertiary/aromatic N) is 18. The number of hydrogen-bond donors (Lipinski definition) is 2. The van der Waals surface area contributed by atoms with Crippen LogP contribution in [0, 0.1) is 47.3 Å². The smallest absolute Gasteiger partial charge is 0.320 e. The minimum absolute atomic E-state index is 0.0411. The number of likely N-dealkylation sites (tertiary alicyclic amines) is 4. The number of thiazole rings is 2. The summed E-state index contributed by atoms with van der Waals surface area (Å²) < 4.78 is 3.89. The molecule has 24 heteroatoms. The van der Waals surface area contributed by atoms with Gasteiger partial charge >= 0.3 is 12.1 Å². The molecule has 2 spiro atoms. The Hall–Kier alpha value is -8.42. The van der Waals surface area contributed by atoms with E-state index in [1.165, 1.54) is 22.7 Å². The molecule has 22 nitrogen and oxygen atoms in total. The number of rotatable bonds is 10. The van der Waals surface area contributed by atoms with Crippen LogP contribution in [-0.4, -0.2) is 186 Å². The fourth-order valence-electron chi connectivity index (χ4n) is 12.9. The number of aliphatic hydroxyl groups excluding tert-OH is 2. The number of aliphatic hydroxyl groups is 2. The highest BCUT2D eigenvalue weighted by Gasteiger charge is 2.52. The summed E-state index contributed by atoms with van der Waals surface area (Å²) in [7, 11) is 3.94. The zero-order valence-corrected chi connectivity index (χ0v) is 50.3. The quantitative estimate of drug-likeness (QED) is 0.132. The number of carbonyl (C=O) groups excluding carboxylic acids is 2. The Kier molecular flexibility index (Phi) is 14.4. The number of carbonyl (C=O) groups is 2. The third-order valence-electron chi connectivity index (χ3n) is 17.9. The molecule has 0 aliphatic carbocycles. The van der Waals surface area contributed by atoms with Gasteiger partial charge in [0, 0.05) is 101 Å². The highest BCUT2D eigenvalue weighted by molar-refractivity contribution is 7.17. The Balaban J connectivity index is 0.000000158. The van der Waals surface area contributed by atoms with Crippen LogP contribution in [0.25, 0.3) is 44.6 Å². The van der Waals surface area contributed by atoms with Crippen LogP contribution in [0.5, 0.6) is 0 Å². The number of pyridine rings is 2. The van der Waals surface area contributed by atoms with E-state index in [4.69, 9.17) is 30.1 Å². The van der Waals surface area contributed by atoms with Crippen molar-refractivity contribution in [2.45, 2.75) is 72.3 Å². The first-order valence-corrected chi connectivity index (χ1v) is 30.8. The van der Waals surface area contributed by atoms with Crippen molar-refractivity contribution in [3.8, 4) is 34.7 Å². The number of nitriles is 2. The zero-order chi connectivity index (χ0) is 59.1. The van der Waals surface area contributed by atoms with E-state index >= 15 is 0 Å². The second-order valence-electron chi connectivity index (χ2n) is 23.9. The lowest BCUT2D eigenvalue weighted by atomic mass is 9.72. The van der Waals surface area contributed by atoms with Crippen molar-refractivity contribution in [1.82, 2.24) is 59.1 Å². The largest absolute Gasteiger partial charge is 0.389 e. The summed E-state index contributed by atoms with van der Waals surface area (Å²) in [6.07, 6.45) is 6.13. The van der Waals surface area contributed by atoms with Gasteiger partial charge in [-0.15, -0.1) is 0 Å². The highest BCUT2D eigenvalue weighted by atomic mass is 32.1. The van der Waals surface area contributed by atoms with Crippen molar-refractivity contribution >= 4 is 90.1 Å². The first kappa shape index (κ1) is 55.8. The number of fused-ring (bicyclic) bond motifs is 2. The van der Waals surface area contributed by atoms with Gasteiger partial charge in [0.15, 0.2) is 21.6 Å². The van der Waals surface area contributed by atoms with Crippen molar-refractivity contribution in [3.63, 3.8) is 0 Å². The minimum Gasteiger partial charge on any atom is -0.389 e. The highest BCUT2D eigenvalue weighted by Crippen LogP contribution is 2.46. The van der Waals surface area contributed by atoms with E-state index < -0.39 is 0 Å². The molecule has 438 valence electrons. The van der Waals surface area contributed by atoms with Gasteiger partial charge in [-0.2, -0.15) is 20.7 Å². The molecule has 12 heterocycles. The van der Waals surface area contributed by atoms with Crippen molar-refractivity contribution in [2.75, 3.05) is 112 Å². The van der Waals surface area contributed by atoms with Gasteiger partial charge in [0.25, 0.3) is 0 Å². The van der Waals surface area contributed by atoms with Crippen LogP contribution in [0.2, 0.25) is 0 Å². The van der Waals surface area contributed by atoms with Crippen molar-refractivity contribution in [2.24, 2.45) is 10.8 Å². The molecule has 8 aromatic rings. The lowest BCUT2D eigenvalue weighted by Crippen LogP contribution is -2.67. The number of hydrogen-bond acceptors (Lipinski definition) is 18. The SMILES string of the molecule is CCn1nc2ncc(N3CCC4(CC3)CN(C(=O)N3CC(O)C3)C4)cc2c1N(C)c1nc(-c2ccc(C)cc2)c(C#N)s1.CCn1nc2ncc(N3CCC4(CN(C(=O)N5CC(O)C5)C4)C3)cc2c1N(C)c1nc(-c2ccc(C)cc2)c(C#N)s1. The Morgan fingerprint density at radius 3 is 1.41 bits per heavy atom. The molecule has 4 amide bonds. The van der Waals surface area contributed by atoms with E-state index in [1.807, 2.05) is 118 Å². The fourth-order valence-corrected chi connectivity index (χ4v) is 14.6. The van der Waals surface area contributed by atoms with Gasteiger partial charge in [-0.05, 0) is 59.1 Å². The minimum atomic E-state index is -0.381. The molecule has 0 radical (unpaired) electrons. The molecular formula is C61H68N18O4S2. The Labute approximate surface area is 501 Å². The van der Waals surface area contributed by atoms with E-state index in [2.05, 4.69) is 47.9 Å². The van der Waals surface area contributed by atoms with Crippen LogP contribution in [-0.2, 0) is 13.1 Å². The van der Waals surface area contributed by atoms with Gasteiger partial charge in [0.1, 0.15) is 44.9 Å². The van der Waals surface area contributed by atoms with Gasteiger partial charge in [0.05, 0.1) is 72.9 Å². The molecule has 2 N–H and O–H groups in total. The molecule has 6 aliphatic rings. The number of aryl methyl sites for hydroxylation is 4. The predicted molar refractivity (Wildman–Crippen MR) is 329 cm³/mol. The first-order chi connectivity index (χ1) is 41.0. The van der Waals surface area contributed by atoms with Gasteiger partial charge in [0.2, 0.25) is 0 Å². The summed E-state index contributed by atoms with van der Waals surface area (Å²) in [5, 5.41) is 51.8. The Morgan fingerprint density at radius 2 is 1.00 bits per heavy atom. The number of aromatic nitrogens is 8. The molecule has 6 aromatic heterocycles. The van der Waals surface area contributed by atoms with E-state index in [0.29, 0.717) is 71.7 Å². The van der Waals surface area contributed by atoms with E-state index in [0.717, 1.165) is 138 Å². The summed E-state index contributed by atoms with van der Waals surface area (Å²) in [6, 6.07) is 25.3. The standard InChI is InChI=1S/C31H35N9O2S.C30H33N9O2S/c1-4-40-28(36(3)29-34-26(25(14-32)43-29)21-7-5-20(2)6-8-21)24-13-22(15-33-27(24)35-40)37-11-9-31(10-12-37)18-39(19-31)30(42)38-16-23(41)17-38;1-4-39-27(35(3)28-33-25(24(12-31)42-28)20-7-5-19(2)6-8-20)23-11-21(13-32-26(23)34-39)36-10-9-30(16-36)17-38(18-30)29(41)37-14-22(40)15-37/h5-8,13,15,23,41H,4,9-12,16-19H2,1-3H3;5-8,11,13,22,40H,4,9-10,14-18H2,1-3H3. The van der Waals surface area contributed by atoms with E-state index in [-0.39, 0.29) is 35.1 Å². The number of benzene rings is 2. The molecule has 0 saturated carbocycles. The van der Waals surface area contributed by atoms with Gasteiger partial charge in [-0.3, -0.25) is 0 Å². The molecule has 6 aliphatic heterocycles. The predicted octanol–water partition coefficient (Wildman–Crippen LogP) is 8.05. The van der Waals surface area contributed by atoms with Crippen LogP contribution in [0.3, 0.4) is 0 Å². The summed E-state index contributed by atoms with van der Waals surface area (Å²) in [5.74, 6) is 1.79. The van der Waals surface area contributed by atoms with Crippen molar-refractivity contribution < 1.29 is 19.8 Å². The third kappa shape index (κ3) is 10.2. The van der Waals surface area contributed by atoms with E-state index in [9.17, 15) is 30.3 Å². The van der Waals surface area contributed by atoms with Crippen LogP contribution in [0.4, 0.5) is 42.9 Å². The Morgan fingerprint density at radius 1 is 0.600 bits per heavy atom. The van der Waals surface area contributed by atoms with E-state index in [1.54, 1.807) is 9.80 Å². The number of anilines is 6. The average molecular weight is 1180 g/mol. The monoisotopic (exact) mass is 1180 g/mol. The van der Waals surface area contributed by atoms with Crippen molar-refractivity contribution in [3.05, 3.63) is 93.9 Å². The molecule has 6 saturated heterocycles. The summed E-state index contributed by atoms with van der Waals surface area (Å²) in [5.41, 5.74) is 9.29. The second kappa shape index (κ2) is 21.9. The number of β-amino-alcohol motifs (C(OH)–C–C–N with tert-alkyl or cyclic N) is 2. The van der Waals surface area contributed by atoms with Crippen LogP contribution >= 0.6 is 22.7 Å². The average Bonchev–Trinajstić information content (AvgIpc) is 2.09. The summed E-state index contributed by atoms with van der Waals surface area (Å²) in [6.45, 7) is 18.0. The van der Waals surface area contributed by atoms with Crippen LogP contribution < -0.4 is 19.6 Å². The lowest BCUT2D eigenvalue weighted by Gasteiger charge is -2.55. The molecule has 14 rings (SSSR count). The first-order valence-electron chi connectivity index (χ1n) is 29.1.